The number of halogens is 3. The molecule has 3 rings (SSSR count). The summed E-state index contributed by atoms with van der Waals surface area (Å²) in [4.78, 5) is 17.0. The number of carbonyl (C=O) groups excluding carboxylic acids is 1. The first-order valence-electron chi connectivity index (χ1n) is 9.14. The van der Waals surface area contributed by atoms with E-state index in [0.29, 0.717) is 18.0 Å². The zero-order valence-corrected chi connectivity index (χ0v) is 16.7. The van der Waals surface area contributed by atoms with Gasteiger partial charge in [0, 0.05) is 36.8 Å². The molecule has 2 aromatic carbocycles. The topological polar surface area (TPSA) is 23.6 Å². The molecule has 150 valence electrons. The Kier molecular flexibility index (Phi) is 6.23. The van der Waals surface area contributed by atoms with Gasteiger partial charge in [-0.05, 0) is 49.2 Å². The van der Waals surface area contributed by atoms with E-state index in [-0.39, 0.29) is 11.7 Å². The predicted octanol–water partition coefficient (Wildman–Crippen LogP) is 4.76. The van der Waals surface area contributed by atoms with Gasteiger partial charge in [0.2, 0.25) is 5.91 Å². The van der Waals surface area contributed by atoms with Gasteiger partial charge in [-0.15, -0.1) is 11.8 Å². The van der Waals surface area contributed by atoms with Gasteiger partial charge in [0.25, 0.3) is 0 Å². The summed E-state index contributed by atoms with van der Waals surface area (Å²) in [7, 11) is 0. The van der Waals surface area contributed by atoms with Crippen molar-refractivity contribution in [2.75, 3.05) is 36.8 Å². The summed E-state index contributed by atoms with van der Waals surface area (Å²) in [5.41, 5.74) is 3.01. The third-order valence-corrected chi connectivity index (χ3v) is 6.05. The lowest BCUT2D eigenvalue weighted by Gasteiger charge is -2.37. The Morgan fingerprint density at radius 1 is 1.04 bits per heavy atom. The molecule has 1 amide bonds. The van der Waals surface area contributed by atoms with Gasteiger partial charge in [0.15, 0.2) is 0 Å². The van der Waals surface area contributed by atoms with Gasteiger partial charge in [-0.1, -0.05) is 18.2 Å². The highest BCUT2D eigenvalue weighted by atomic mass is 32.2. The highest BCUT2D eigenvalue weighted by molar-refractivity contribution is 8.00. The van der Waals surface area contributed by atoms with E-state index in [1.54, 1.807) is 11.0 Å². The number of aryl methyl sites for hydroxylation is 1. The van der Waals surface area contributed by atoms with Gasteiger partial charge >= 0.3 is 6.18 Å². The molecule has 7 heteroatoms. The third-order valence-electron chi connectivity index (χ3n) is 5.07. The van der Waals surface area contributed by atoms with Gasteiger partial charge in [0.1, 0.15) is 0 Å². The smallest absolute Gasteiger partial charge is 0.368 e. The molecule has 0 atom stereocenters. The largest absolute Gasteiger partial charge is 0.416 e. The number of carbonyl (C=O) groups is 1. The van der Waals surface area contributed by atoms with Crippen LogP contribution in [0.5, 0.6) is 0 Å². The molecule has 2 aromatic rings. The molecule has 0 bridgehead atoms. The summed E-state index contributed by atoms with van der Waals surface area (Å²) in [6.45, 7) is 6.94. The van der Waals surface area contributed by atoms with Crippen molar-refractivity contribution in [1.29, 1.82) is 0 Å². The quantitative estimate of drug-likeness (QED) is 0.682. The summed E-state index contributed by atoms with van der Waals surface area (Å²) in [6, 6.07) is 11.3. The molecule has 1 fully saturated rings. The number of nitrogens with zero attached hydrogens (tertiary/aromatic N) is 2. The first-order valence-corrected chi connectivity index (χ1v) is 10.1. The van der Waals surface area contributed by atoms with Crippen molar-refractivity contribution >= 4 is 23.4 Å². The number of anilines is 1. The monoisotopic (exact) mass is 408 g/mol. The Morgan fingerprint density at radius 3 is 2.39 bits per heavy atom. The zero-order valence-electron chi connectivity index (χ0n) is 15.9. The Bertz CT molecular complexity index is 846. The van der Waals surface area contributed by atoms with Crippen LogP contribution in [0.25, 0.3) is 0 Å². The van der Waals surface area contributed by atoms with E-state index >= 15 is 0 Å². The number of thioether (sulfide) groups is 1. The molecule has 0 saturated carbocycles. The van der Waals surface area contributed by atoms with Crippen molar-refractivity contribution in [3.63, 3.8) is 0 Å². The third kappa shape index (κ3) is 4.82. The maximum atomic E-state index is 12.8. The summed E-state index contributed by atoms with van der Waals surface area (Å²) >= 11 is 1.15. The van der Waals surface area contributed by atoms with Gasteiger partial charge in [-0.25, -0.2) is 0 Å². The highest BCUT2D eigenvalue weighted by Crippen LogP contribution is 2.32. The molecule has 28 heavy (non-hydrogen) atoms. The number of alkyl halides is 3. The maximum Gasteiger partial charge on any atom is 0.416 e. The summed E-state index contributed by atoms with van der Waals surface area (Å²) in [6.07, 6.45) is -4.37. The molecule has 0 aromatic heterocycles. The van der Waals surface area contributed by atoms with Crippen LogP contribution in [-0.2, 0) is 11.0 Å². The van der Waals surface area contributed by atoms with E-state index < -0.39 is 11.7 Å². The second-order valence-electron chi connectivity index (χ2n) is 6.90. The first-order chi connectivity index (χ1) is 13.3. The lowest BCUT2D eigenvalue weighted by atomic mass is 10.1. The van der Waals surface area contributed by atoms with Crippen molar-refractivity contribution in [3.05, 3.63) is 59.2 Å². The van der Waals surface area contributed by atoms with Crippen LogP contribution >= 0.6 is 11.8 Å². The van der Waals surface area contributed by atoms with E-state index in [2.05, 4.69) is 30.9 Å². The van der Waals surface area contributed by atoms with E-state index in [0.717, 1.165) is 37.0 Å². The molecule has 0 spiro atoms. The van der Waals surface area contributed by atoms with E-state index in [1.807, 2.05) is 6.07 Å². The minimum atomic E-state index is -4.37. The van der Waals surface area contributed by atoms with Crippen molar-refractivity contribution in [1.82, 2.24) is 4.90 Å². The second kappa shape index (κ2) is 8.47. The average Bonchev–Trinajstić information content (AvgIpc) is 2.68. The van der Waals surface area contributed by atoms with Crippen LogP contribution in [-0.4, -0.2) is 42.7 Å². The van der Waals surface area contributed by atoms with Gasteiger partial charge in [-0.3, -0.25) is 4.79 Å². The molecule has 0 aliphatic carbocycles. The summed E-state index contributed by atoms with van der Waals surface area (Å²) in [5.74, 6) is 0.105. The average molecular weight is 408 g/mol. The normalized spacial score (nSPS) is 15.0. The molecule has 0 unspecified atom stereocenters. The number of rotatable bonds is 4. The molecule has 1 aliphatic rings. The number of amides is 1. The SMILES string of the molecule is Cc1cccc(N2CCN(C(=O)CSc3cccc(C(F)(F)F)c3)CC2)c1C. The van der Waals surface area contributed by atoms with Crippen molar-refractivity contribution in [3.8, 4) is 0 Å². The Balaban J connectivity index is 1.54. The molecule has 0 N–H and O–H groups in total. The second-order valence-corrected chi connectivity index (χ2v) is 7.95. The standard InChI is InChI=1S/C21H23F3N2OS/c1-15-5-3-8-19(16(15)2)25-9-11-26(12-10-25)20(27)14-28-18-7-4-6-17(13-18)21(22,23)24/h3-8,13H,9-12,14H2,1-2H3. The fourth-order valence-electron chi connectivity index (χ4n) is 3.27. The Labute approximate surface area is 167 Å². The molecule has 1 saturated heterocycles. The van der Waals surface area contributed by atoms with Crippen molar-refractivity contribution < 1.29 is 18.0 Å². The summed E-state index contributed by atoms with van der Waals surface area (Å²) < 4.78 is 38.4. The molecule has 1 aliphatic heterocycles. The first kappa shape index (κ1) is 20.6. The minimum absolute atomic E-state index is 0.0389. The van der Waals surface area contributed by atoms with Crippen molar-refractivity contribution in [2.45, 2.75) is 24.9 Å². The van der Waals surface area contributed by atoms with Gasteiger partial charge < -0.3 is 9.80 Å². The van der Waals surface area contributed by atoms with Crippen LogP contribution in [0.4, 0.5) is 18.9 Å². The van der Waals surface area contributed by atoms with Crippen molar-refractivity contribution in [2.24, 2.45) is 0 Å². The zero-order chi connectivity index (χ0) is 20.3. The number of hydrogen-bond donors (Lipinski definition) is 0. The van der Waals surface area contributed by atoms with E-state index in [1.165, 1.54) is 22.9 Å². The van der Waals surface area contributed by atoms with Crippen LogP contribution in [0, 0.1) is 13.8 Å². The van der Waals surface area contributed by atoms with Crippen LogP contribution in [0.15, 0.2) is 47.4 Å². The number of hydrogen-bond acceptors (Lipinski definition) is 3. The van der Waals surface area contributed by atoms with E-state index in [4.69, 9.17) is 0 Å². The molecular weight excluding hydrogens is 385 g/mol. The Hall–Kier alpha value is -2.15. The Morgan fingerprint density at radius 2 is 1.71 bits per heavy atom. The molecule has 0 radical (unpaired) electrons. The highest BCUT2D eigenvalue weighted by Gasteiger charge is 2.30. The van der Waals surface area contributed by atoms with Crippen LogP contribution < -0.4 is 4.90 Å². The summed E-state index contributed by atoms with van der Waals surface area (Å²) in [5, 5.41) is 0. The fraction of sp³-hybridized carbons (Fsp3) is 0.381. The molecular formula is C21H23F3N2OS. The lowest BCUT2D eigenvalue weighted by molar-refractivity contribution is -0.137. The minimum Gasteiger partial charge on any atom is -0.368 e. The maximum absolute atomic E-state index is 12.8. The van der Waals surface area contributed by atoms with E-state index in [9.17, 15) is 18.0 Å². The predicted molar refractivity (Wildman–Crippen MR) is 107 cm³/mol. The van der Waals surface area contributed by atoms with Gasteiger partial charge in [0.05, 0.1) is 11.3 Å². The number of piperazine rings is 1. The van der Waals surface area contributed by atoms with Gasteiger partial charge in [-0.2, -0.15) is 13.2 Å². The molecule has 3 nitrogen and oxygen atoms in total. The van der Waals surface area contributed by atoms with Crippen LogP contribution in [0.2, 0.25) is 0 Å². The molecule has 1 heterocycles. The number of benzene rings is 2. The van der Waals surface area contributed by atoms with Crippen LogP contribution in [0.3, 0.4) is 0 Å². The lowest BCUT2D eigenvalue weighted by Crippen LogP contribution is -2.49. The van der Waals surface area contributed by atoms with Crippen LogP contribution in [0.1, 0.15) is 16.7 Å². The fourth-order valence-corrected chi connectivity index (χ4v) is 4.13.